The van der Waals surface area contributed by atoms with Gasteiger partial charge in [0.15, 0.2) is 18.2 Å². The smallest absolute Gasteiger partial charge is 0.278 e. The van der Waals surface area contributed by atoms with Gasteiger partial charge in [-0.05, 0) is 35.9 Å². The van der Waals surface area contributed by atoms with Gasteiger partial charge in [-0.1, -0.05) is 41.4 Å². The highest BCUT2D eigenvalue weighted by Crippen LogP contribution is 2.32. The molecule has 0 saturated heterocycles. The largest absolute Gasteiger partial charge is 0.468 e. The molecule has 2 aromatic carbocycles. The molecule has 2 aromatic heterocycles. The van der Waals surface area contributed by atoms with Crippen LogP contribution in [0.4, 0.5) is 10.3 Å². The third-order valence-corrected chi connectivity index (χ3v) is 4.72. The molecular formula is C20H15Cl2FN6O2. The third kappa shape index (κ3) is 5.19. The highest BCUT2D eigenvalue weighted by Gasteiger charge is 2.13. The maximum absolute atomic E-state index is 13.3. The van der Waals surface area contributed by atoms with Gasteiger partial charge in [-0.15, -0.1) is 5.10 Å². The third-order valence-electron chi connectivity index (χ3n) is 4.13. The first kappa shape index (κ1) is 20.8. The zero-order valence-corrected chi connectivity index (χ0v) is 17.4. The van der Waals surface area contributed by atoms with Gasteiger partial charge in [-0.3, -0.25) is 10.1 Å². The summed E-state index contributed by atoms with van der Waals surface area (Å²) >= 11 is 12.1. The normalized spacial score (nSPS) is 10.8. The number of nitrogens with zero attached hydrogens (tertiary/aromatic N) is 5. The van der Waals surface area contributed by atoms with Crippen LogP contribution >= 0.6 is 23.2 Å². The zero-order valence-electron chi connectivity index (χ0n) is 15.9. The second-order valence-electron chi connectivity index (χ2n) is 6.41. The fourth-order valence-corrected chi connectivity index (χ4v) is 3.23. The maximum atomic E-state index is 13.3. The number of anilines is 1. The SMILES string of the molecule is O=C(Nc1ncn(Cc2cccc(F)c2)n1)c1ccn(COc2c(Cl)cccc2Cl)n1. The molecule has 1 N–H and O–H groups in total. The van der Waals surface area contributed by atoms with E-state index in [1.54, 1.807) is 36.5 Å². The average molecular weight is 461 g/mol. The highest BCUT2D eigenvalue weighted by molar-refractivity contribution is 6.37. The first-order valence-corrected chi connectivity index (χ1v) is 9.79. The van der Waals surface area contributed by atoms with E-state index in [1.807, 2.05) is 0 Å². The Morgan fingerprint density at radius 3 is 2.61 bits per heavy atom. The van der Waals surface area contributed by atoms with Gasteiger partial charge in [0.2, 0.25) is 5.95 Å². The van der Waals surface area contributed by atoms with Crippen molar-refractivity contribution in [1.29, 1.82) is 0 Å². The Bertz CT molecular complexity index is 1210. The van der Waals surface area contributed by atoms with Gasteiger partial charge in [-0.25, -0.2) is 18.7 Å². The molecule has 31 heavy (non-hydrogen) atoms. The van der Waals surface area contributed by atoms with Gasteiger partial charge < -0.3 is 4.74 Å². The van der Waals surface area contributed by atoms with Gasteiger partial charge in [0.1, 0.15) is 12.1 Å². The number of aromatic nitrogens is 5. The molecule has 2 heterocycles. The predicted molar refractivity (Wildman–Crippen MR) is 113 cm³/mol. The van der Waals surface area contributed by atoms with Crippen LogP contribution in [-0.4, -0.2) is 30.5 Å². The minimum absolute atomic E-state index is 0.0112. The lowest BCUT2D eigenvalue weighted by atomic mass is 10.2. The van der Waals surface area contributed by atoms with Crippen LogP contribution in [0, 0.1) is 5.82 Å². The average Bonchev–Trinajstić information content (AvgIpc) is 3.37. The number of halogens is 3. The van der Waals surface area contributed by atoms with Crippen molar-refractivity contribution >= 4 is 35.1 Å². The molecule has 0 spiro atoms. The summed E-state index contributed by atoms with van der Waals surface area (Å²) in [5.41, 5.74) is 0.871. The van der Waals surface area contributed by atoms with Gasteiger partial charge in [0.05, 0.1) is 16.6 Å². The second kappa shape index (κ2) is 9.15. The number of rotatable bonds is 7. The number of carbonyl (C=O) groups excluding carboxylic acids is 1. The van der Waals surface area contributed by atoms with Crippen molar-refractivity contribution < 1.29 is 13.9 Å². The minimum atomic E-state index is -0.488. The van der Waals surface area contributed by atoms with Crippen molar-refractivity contribution in [2.75, 3.05) is 5.32 Å². The summed E-state index contributed by atoms with van der Waals surface area (Å²) < 4.78 is 21.8. The van der Waals surface area contributed by atoms with Crippen LogP contribution in [0.3, 0.4) is 0 Å². The van der Waals surface area contributed by atoms with Crippen LogP contribution in [0.2, 0.25) is 10.0 Å². The molecule has 0 radical (unpaired) electrons. The number of amides is 1. The Morgan fingerprint density at radius 1 is 1.06 bits per heavy atom. The zero-order chi connectivity index (χ0) is 21.8. The van der Waals surface area contributed by atoms with Gasteiger partial charge >= 0.3 is 0 Å². The van der Waals surface area contributed by atoms with Gasteiger partial charge in [-0.2, -0.15) is 5.10 Å². The summed E-state index contributed by atoms with van der Waals surface area (Å²) in [5, 5.41) is 11.6. The number of hydrogen-bond acceptors (Lipinski definition) is 5. The molecule has 11 heteroatoms. The monoisotopic (exact) mass is 460 g/mol. The topological polar surface area (TPSA) is 86.9 Å². The summed E-state index contributed by atoms with van der Waals surface area (Å²) in [4.78, 5) is 16.5. The number of ether oxygens (including phenoxy) is 1. The molecule has 4 aromatic rings. The van der Waals surface area contributed by atoms with E-state index in [0.717, 1.165) is 5.56 Å². The molecule has 0 unspecified atom stereocenters. The molecule has 1 amide bonds. The van der Waals surface area contributed by atoms with Crippen LogP contribution in [0.25, 0.3) is 0 Å². The summed E-state index contributed by atoms with van der Waals surface area (Å²) in [6.45, 7) is 0.328. The Hall–Kier alpha value is -3.43. The number of benzene rings is 2. The first-order chi connectivity index (χ1) is 15.0. The lowest BCUT2D eigenvalue weighted by molar-refractivity contribution is 0.101. The standard InChI is InChI=1S/C20H15Cl2FN6O2/c21-15-5-2-6-16(22)18(15)31-12-28-8-7-17(26-28)19(30)25-20-24-11-29(27-20)10-13-3-1-4-14(23)9-13/h1-9,11H,10,12H2,(H,25,27,30). The molecule has 158 valence electrons. The predicted octanol–water partition coefficient (Wildman–Crippen LogP) is 4.26. The highest BCUT2D eigenvalue weighted by atomic mass is 35.5. The van der Waals surface area contributed by atoms with E-state index in [2.05, 4.69) is 20.5 Å². The van der Waals surface area contributed by atoms with Crippen molar-refractivity contribution in [3.8, 4) is 5.75 Å². The number of hydrogen-bond donors (Lipinski definition) is 1. The molecule has 0 bridgehead atoms. The molecule has 0 aliphatic rings. The molecule has 4 rings (SSSR count). The van der Waals surface area contributed by atoms with Crippen molar-refractivity contribution in [1.82, 2.24) is 24.5 Å². The summed E-state index contributed by atoms with van der Waals surface area (Å²) in [6, 6.07) is 12.7. The van der Waals surface area contributed by atoms with Crippen LogP contribution in [0.15, 0.2) is 61.1 Å². The number of nitrogens with one attached hydrogen (secondary N) is 1. The van der Waals surface area contributed by atoms with E-state index < -0.39 is 5.91 Å². The van der Waals surface area contributed by atoms with Crippen molar-refractivity contribution in [3.63, 3.8) is 0 Å². The van der Waals surface area contributed by atoms with Crippen LogP contribution < -0.4 is 10.1 Å². The van der Waals surface area contributed by atoms with Crippen LogP contribution in [0.5, 0.6) is 5.75 Å². The molecule has 0 aliphatic carbocycles. The molecule has 0 atom stereocenters. The summed E-state index contributed by atoms with van der Waals surface area (Å²) in [7, 11) is 0. The maximum Gasteiger partial charge on any atom is 0.278 e. The van der Waals surface area contributed by atoms with E-state index in [4.69, 9.17) is 27.9 Å². The van der Waals surface area contributed by atoms with E-state index >= 15 is 0 Å². The van der Waals surface area contributed by atoms with Crippen molar-refractivity contribution in [2.24, 2.45) is 0 Å². The molecule has 0 saturated carbocycles. The summed E-state index contributed by atoms with van der Waals surface area (Å²) in [6.07, 6.45) is 3.02. The molecule has 8 nitrogen and oxygen atoms in total. The lowest BCUT2D eigenvalue weighted by Gasteiger charge is -2.09. The fraction of sp³-hybridized carbons (Fsp3) is 0.100. The summed E-state index contributed by atoms with van der Waals surface area (Å²) in [5.74, 6) is -0.379. The molecular weight excluding hydrogens is 446 g/mol. The lowest BCUT2D eigenvalue weighted by Crippen LogP contribution is -2.15. The van der Waals surface area contributed by atoms with Gasteiger partial charge in [0, 0.05) is 6.20 Å². The van der Waals surface area contributed by atoms with E-state index in [-0.39, 0.29) is 24.2 Å². The van der Waals surface area contributed by atoms with E-state index in [1.165, 1.54) is 33.9 Å². The van der Waals surface area contributed by atoms with Crippen LogP contribution in [0.1, 0.15) is 16.1 Å². The fourth-order valence-electron chi connectivity index (χ4n) is 2.72. The Kier molecular flexibility index (Phi) is 6.15. The van der Waals surface area contributed by atoms with E-state index in [9.17, 15) is 9.18 Å². The minimum Gasteiger partial charge on any atom is -0.468 e. The Balaban J connectivity index is 1.35. The Morgan fingerprint density at radius 2 is 1.84 bits per heavy atom. The van der Waals surface area contributed by atoms with Crippen molar-refractivity contribution in [3.05, 3.63) is 88.2 Å². The quantitative estimate of drug-likeness (QED) is 0.445. The first-order valence-electron chi connectivity index (χ1n) is 9.03. The van der Waals surface area contributed by atoms with E-state index in [0.29, 0.717) is 22.3 Å². The van der Waals surface area contributed by atoms with Crippen molar-refractivity contribution in [2.45, 2.75) is 13.3 Å². The van der Waals surface area contributed by atoms with Gasteiger partial charge in [0.25, 0.3) is 5.91 Å². The molecule has 0 aliphatic heterocycles. The number of carbonyl (C=O) groups is 1. The second-order valence-corrected chi connectivity index (χ2v) is 7.23. The Labute approximate surface area is 186 Å². The van der Waals surface area contributed by atoms with Crippen LogP contribution in [-0.2, 0) is 13.3 Å². The molecule has 0 fully saturated rings. The number of para-hydroxylation sites is 1.